The van der Waals surface area contributed by atoms with Gasteiger partial charge in [-0.1, -0.05) is 15.9 Å². The van der Waals surface area contributed by atoms with Crippen molar-refractivity contribution in [1.82, 2.24) is 0 Å². The number of nitrogens with one attached hydrogen (secondary N) is 1. The molecule has 0 aliphatic heterocycles. The molecule has 0 atom stereocenters. The number of carboxylic acid groups (broad SMARTS) is 1. The number of benzene rings is 2. The Morgan fingerprint density at radius 1 is 1.00 bits per heavy atom. The van der Waals surface area contributed by atoms with Crippen LogP contribution in [0, 0.1) is 0 Å². The zero-order valence-corrected chi connectivity index (χ0v) is 16.5. The number of hydrogen-bond donors (Lipinski definition) is 2. The molecule has 2 aromatic rings. The molecule has 2 aromatic carbocycles. The van der Waals surface area contributed by atoms with E-state index in [1.54, 1.807) is 18.2 Å². The van der Waals surface area contributed by atoms with Crippen LogP contribution < -0.4 is 19.5 Å². The van der Waals surface area contributed by atoms with E-state index in [-0.39, 0.29) is 17.0 Å². The van der Waals surface area contributed by atoms with Crippen LogP contribution in [-0.2, 0) is 4.79 Å². The fourth-order valence-electron chi connectivity index (χ4n) is 2.33. The minimum Gasteiger partial charge on any atom is -0.496 e. The molecule has 142 valence electrons. The summed E-state index contributed by atoms with van der Waals surface area (Å²) in [7, 11) is 4.35. The molecule has 1 amide bonds. The van der Waals surface area contributed by atoms with Crippen molar-refractivity contribution in [3.05, 3.63) is 52.0 Å². The van der Waals surface area contributed by atoms with Gasteiger partial charge >= 0.3 is 5.97 Å². The number of amides is 1. The Labute approximate surface area is 164 Å². The van der Waals surface area contributed by atoms with Gasteiger partial charge in [-0.05, 0) is 24.3 Å². The molecule has 0 fully saturated rings. The van der Waals surface area contributed by atoms with Gasteiger partial charge in [0.2, 0.25) is 5.91 Å². The van der Waals surface area contributed by atoms with Gasteiger partial charge in [-0.2, -0.15) is 0 Å². The topological polar surface area (TPSA) is 94.1 Å². The summed E-state index contributed by atoms with van der Waals surface area (Å²) in [5.74, 6) is -0.562. The Bertz CT molecular complexity index is 894. The summed E-state index contributed by atoms with van der Waals surface area (Å²) in [4.78, 5) is 23.8. The van der Waals surface area contributed by atoms with Crippen LogP contribution in [0.5, 0.6) is 17.2 Å². The Hall–Kier alpha value is -3.00. The lowest BCUT2D eigenvalue weighted by molar-refractivity contribution is -0.111. The Kier molecular flexibility index (Phi) is 6.84. The van der Waals surface area contributed by atoms with E-state index in [0.717, 1.165) is 4.47 Å². The monoisotopic (exact) mass is 435 g/mol. The third kappa shape index (κ3) is 5.01. The number of ether oxygens (including phenoxy) is 3. The van der Waals surface area contributed by atoms with Gasteiger partial charge in [0.15, 0.2) is 11.5 Å². The van der Waals surface area contributed by atoms with E-state index in [1.165, 1.54) is 39.5 Å². The van der Waals surface area contributed by atoms with E-state index in [1.807, 2.05) is 6.07 Å². The second-order valence-electron chi connectivity index (χ2n) is 5.27. The van der Waals surface area contributed by atoms with E-state index < -0.39 is 11.9 Å². The second kappa shape index (κ2) is 9.09. The predicted octanol–water partition coefficient (Wildman–Crippen LogP) is 3.83. The molecule has 8 heteroatoms. The van der Waals surface area contributed by atoms with Crippen molar-refractivity contribution < 1.29 is 28.9 Å². The molecule has 0 aliphatic carbocycles. The van der Waals surface area contributed by atoms with Crippen molar-refractivity contribution >= 4 is 39.6 Å². The van der Waals surface area contributed by atoms with Crippen LogP contribution in [0.25, 0.3) is 6.08 Å². The van der Waals surface area contributed by atoms with Gasteiger partial charge in [0.25, 0.3) is 0 Å². The molecular weight excluding hydrogens is 418 g/mol. The second-order valence-corrected chi connectivity index (χ2v) is 6.18. The first-order valence-electron chi connectivity index (χ1n) is 7.71. The number of halogens is 1. The van der Waals surface area contributed by atoms with E-state index >= 15 is 0 Å². The Morgan fingerprint density at radius 3 is 2.22 bits per heavy atom. The summed E-state index contributed by atoms with van der Waals surface area (Å²) < 4.78 is 16.3. The highest BCUT2D eigenvalue weighted by molar-refractivity contribution is 9.10. The lowest BCUT2D eigenvalue weighted by Gasteiger charge is -2.13. The lowest BCUT2D eigenvalue weighted by Crippen LogP contribution is -2.12. The van der Waals surface area contributed by atoms with Gasteiger partial charge in [0, 0.05) is 28.2 Å². The zero-order chi connectivity index (χ0) is 20.0. The first-order valence-corrected chi connectivity index (χ1v) is 8.50. The smallest absolute Gasteiger partial charge is 0.337 e. The standard InChI is InChI=1S/C19H18BrNO6/c1-25-15-6-5-12(20)8-11(15)4-7-18(22)21-14-10-17(27-3)16(26-2)9-13(14)19(23)24/h4-10H,1-3H3,(H,21,22)(H,23,24)/b7-4+. The highest BCUT2D eigenvalue weighted by Crippen LogP contribution is 2.33. The predicted molar refractivity (Wildman–Crippen MR) is 105 cm³/mol. The molecule has 0 saturated carbocycles. The van der Waals surface area contributed by atoms with E-state index in [0.29, 0.717) is 17.1 Å². The molecule has 0 aromatic heterocycles. The maximum atomic E-state index is 12.3. The summed E-state index contributed by atoms with van der Waals surface area (Å²) >= 11 is 3.36. The van der Waals surface area contributed by atoms with Gasteiger partial charge in [0.05, 0.1) is 32.6 Å². The number of methoxy groups -OCH3 is 3. The van der Waals surface area contributed by atoms with Gasteiger partial charge in [0.1, 0.15) is 5.75 Å². The van der Waals surface area contributed by atoms with Crippen molar-refractivity contribution in [1.29, 1.82) is 0 Å². The van der Waals surface area contributed by atoms with Crippen LogP contribution >= 0.6 is 15.9 Å². The molecule has 0 heterocycles. The number of rotatable bonds is 7. The summed E-state index contributed by atoms with van der Waals surface area (Å²) in [6.45, 7) is 0. The third-order valence-corrected chi connectivity index (χ3v) is 4.11. The van der Waals surface area contributed by atoms with Crippen LogP contribution in [0.1, 0.15) is 15.9 Å². The van der Waals surface area contributed by atoms with Crippen LogP contribution in [-0.4, -0.2) is 38.3 Å². The van der Waals surface area contributed by atoms with E-state index in [4.69, 9.17) is 14.2 Å². The molecule has 0 spiro atoms. The van der Waals surface area contributed by atoms with E-state index in [9.17, 15) is 14.7 Å². The average Bonchev–Trinajstić information content (AvgIpc) is 2.65. The molecule has 7 nitrogen and oxygen atoms in total. The lowest BCUT2D eigenvalue weighted by atomic mass is 10.1. The quantitative estimate of drug-likeness (QED) is 0.641. The number of anilines is 1. The molecule has 2 rings (SSSR count). The first kappa shape index (κ1) is 20.3. The minimum atomic E-state index is -1.20. The van der Waals surface area contributed by atoms with Crippen LogP contribution in [0.15, 0.2) is 40.9 Å². The van der Waals surface area contributed by atoms with Crippen LogP contribution in [0.3, 0.4) is 0 Å². The third-order valence-electron chi connectivity index (χ3n) is 3.62. The first-order chi connectivity index (χ1) is 12.9. The average molecular weight is 436 g/mol. The highest BCUT2D eigenvalue weighted by atomic mass is 79.9. The number of carbonyl (C=O) groups excluding carboxylic acids is 1. The SMILES string of the molecule is COc1ccc(Br)cc1/C=C/C(=O)Nc1cc(OC)c(OC)cc1C(=O)O. The number of aromatic carboxylic acids is 1. The van der Waals surface area contributed by atoms with Gasteiger partial charge in [-0.25, -0.2) is 4.79 Å². The summed E-state index contributed by atoms with van der Waals surface area (Å²) in [5.41, 5.74) is 0.665. The number of carbonyl (C=O) groups is 2. The molecule has 0 radical (unpaired) electrons. The fraction of sp³-hybridized carbons (Fsp3) is 0.158. The molecular formula is C19H18BrNO6. The number of carboxylic acids is 1. The molecule has 2 N–H and O–H groups in total. The molecule has 27 heavy (non-hydrogen) atoms. The van der Waals surface area contributed by atoms with Gasteiger partial charge in [-0.15, -0.1) is 0 Å². The maximum absolute atomic E-state index is 12.3. The molecule has 0 aliphatic rings. The summed E-state index contributed by atoms with van der Waals surface area (Å²) in [6.07, 6.45) is 2.85. The summed E-state index contributed by atoms with van der Waals surface area (Å²) in [6, 6.07) is 8.06. The molecule has 0 unspecified atom stereocenters. The summed E-state index contributed by atoms with van der Waals surface area (Å²) in [5, 5.41) is 11.9. The Morgan fingerprint density at radius 2 is 1.63 bits per heavy atom. The largest absolute Gasteiger partial charge is 0.496 e. The normalized spacial score (nSPS) is 10.5. The van der Waals surface area contributed by atoms with Crippen LogP contribution in [0.4, 0.5) is 5.69 Å². The van der Waals surface area contributed by atoms with Crippen molar-refractivity contribution in [3.8, 4) is 17.2 Å². The van der Waals surface area contributed by atoms with Crippen LogP contribution in [0.2, 0.25) is 0 Å². The van der Waals surface area contributed by atoms with Crippen molar-refractivity contribution in [3.63, 3.8) is 0 Å². The molecule has 0 saturated heterocycles. The van der Waals surface area contributed by atoms with Crippen molar-refractivity contribution in [2.45, 2.75) is 0 Å². The highest BCUT2D eigenvalue weighted by Gasteiger charge is 2.17. The van der Waals surface area contributed by atoms with Crippen molar-refractivity contribution in [2.24, 2.45) is 0 Å². The zero-order valence-electron chi connectivity index (χ0n) is 14.9. The van der Waals surface area contributed by atoms with Gasteiger partial charge < -0.3 is 24.6 Å². The Balaban J connectivity index is 2.30. The minimum absolute atomic E-state index is 0.0935. The number of hydrogen-bond acceptors (Lipinski definition) is 5. The molecule has 0 bridgehead atoms. The fourth-order valence-corrected chi connectivity index (χ4v) is 2.71. The van der Waals surface area contributed by atoms with Gasteiger partial charge in [-0.3, -0.25) is 4.79 Å². The maximum Gasteiger partial charge on any atom is 0.337 e. The van der Waals surface area contributed by atoms with Crippen molar-refractivity contribution in [2.75, 3.05) is 26.6 Å². The van der Waals surface area contributed by atoms with E-state index in [2.05, 4.69) is 21.2 Å².